The van der Waals surface area contributed by atoms with Gasteiger partial charge in [0.1, 0.15) is 17.2 Å². The molecule has 1 aliphatic heterocycles. The minimum atomic E-state index is -0.447. The van der Waals surface area contributed by atoms with Crippen molar-refractivity contribution in [1.29, 1.82) is 0 Å². The van der Waals surface area contributed by atoms with Crippen LogP contribution in [0.3, 0.4) is 0 Å². The molecule has 0 atom stereocenters. The van der Waals surface area contributed by atoms with Crippen LogP contribution in [0.1, 0.15) is 25.7 Å². The number of benzene rings is 1. The molecule has 3 aromatic rings. The molecule has 1 spiro atoms. The molecule has 2 aliphatic rings. The number of ether oxygens (including phenoxy) is 1. The van der Waals surface area contributed by atoms with E-state index in [1.807, 2.05) is 12.1 Å². The third-order valence-electron chi connectivity index (χ3n) is 6.18. The lowest BCUT2D eigenvalue weighted by molar-refractivity contribution is 0.0148. The predicted molar refractivity (Wildman–Crippen MR) is 131 cm³/mol. The lowest BCUT2D eigenvalue weighted by Crippen LogP contribution is -2.39. The fraction of sp³-hybridized carbons (Fsp3) is 0.348. The largest absolute Gasteiger partial charge is 0.441 e. The molecule has 1 aromatic carbocycles. The van der Waals surface area contributed by atoms with Gasteiger partial charge in [0.2, 0.25) is 0 Å². The number of hydrogen-bond donors (Lipinski definition) is 1. The first-order valence-electron chi connectivity index (χ1n) is 10.7. The van der Waals surface area contributed by atoms with Crippen LogP contribution in [-0.2, 0) is 4.74 Å². The number of halogens is 3. The summed E-state index contributed by atoms with van der Waals surface area (Å²) in [5.74, 6) is 1.37. The first-order valence-corrected chi connectivity index (χ1v) is 10.7. The summed E-state index contributed by atoms with van der Waals surface area (Å²) in [5, 5.41) is 19.7. The Hall–Kier alpha value is -3.04. The maximum atomic E-state index is 13.4. The molecule has 1 aliphatic carbocycles. The summed E-state index contributed by atoms with van der Waals surface area (Å²) in [5.41, 5.74) is 0.881. The second kappa shape index (κ2) is 10.9. The van der Waals surface area contributed by atoms with E-state index in [0.717, 1.165) is 32.2 Å². The molecule has 3 heterocycles. The van der Waals surface area contributed by atoms with Gasteiger partial charge in [-0.05, 0) is 68.0 Å². The van der Waals surface area contributed by atoms with Gasteiger partial charge >= 0.3 is 6.09 Å². The van der Waals surface area contributed by atoms with Crippen LogP contribution in [0.5, 0.6) is 0 Å². The molecular formula is C23H25Cl2FN6O2. The first-order chi connectivity index (χ1) is 15.6. The van der Waals surface area contributed by atoms with E-state index >= 15 is 0 Å². The molecule has 1 amide bonds. The quantitative estimate of drug-likeness (QED) is 0.524. The van der Waals surface area contributed by atoms with Crippen molar-refractivity contribution >= 4 is 42.5 Å². The molecule has 1 N–H and O–H groups in total. The van der Waals surface area contributed by atoms with Crippen LogP contribution in [0.4, 0.5) is 20.8 Å². The minimum absolute atomic E-state index is 0. The number of anilines is 2. The Morgan fingerprint density at radius 1 is 1.06 bits per heavy atom. The van der Waals surface area contributed by atoms with Crippen LogP contribution in [0.25, 0.3) is 11.3 Å². The zero-order valence-corrected chi connectivity index (χ0v) is 19.9. The molecular weight excluding hydrogens is 482 g/mol. The summed E-state index contributed by atoms with van der Waals surface area (Å²) in [6, 6.07) is 13.5. The fourth-order valence-electron chi connectivity index (χ4n) is 4.38. The third kappa shape index (κ3) is 5.53. The van der Waals surface area contributed by atoms with Gasteiger partial charge in [-0.2, -0.15) is 5.10 Å². The number of amides is 1. The molecule has 0 radical (unpaired) electrons. The second-order valence-corrected chi connectivity index (χ2v) is 8.36. The summed E-state index contributed by atoms with van der Waals surface area (Å²) in [4.78, 5) is 13.9. The van der Waals surface area contributed by atoms with Crippen LogP contribution >= 0.6 is 24.8 Å². The molecule has 0 bridgehead atoms. The standard InChI is InChI=1S/C23H23FN6O2.2ClH/c24-18-4-1-3-17(13-18)19-6-7-20(28-27-19)25-14-16-8-10-23(11-9-16)15-30(22(31)32-23)21-5-2-12-26-29-21;;/h1-7,12-13,16H,8-11,14-15H2,(H,25,28);2*1H. The highest BCUT2D eigenvalue weighted by atomic mass is 35.5. The Kier molecular flexibility index (Phi) is 8.22. The van der Waals surface area contributed by atoms with E-state index in [9.17, 15) is 9.18 Å². The van der Waals surface area contributed by atoms with Crippen molar-refractivity contribution in [3.05, 3.63) is 60.5 Å². The minimum Gasteiger partial charge on any atom is -0.441 e. The van der Waals surface area contributed by atoms with Crippen LogP contribution in [0.2, 0.25) is 0 Å². The predicted octanol–water partition coefficient (Wildman–Crippen LogP) is 4.91. The van der Waals surface area contributed by atoms with Gasteiger partial charge < -0.3 is 10.1 Å². The topological polar surface area (TPSA) is 93.1 Å². The zero-order chi connectivity index (χ0) is 22.0. The van der Waals surface area contributed by atoms with E-state index in [0.29, 0.717) is 35.4 Å². The van der Waals surface area contributed by atoms with Crippen LogP contribution in [0, 0.1) is 11.7 Å². The van der Waals surface area contributed by atoms with E-state index in [4.69, 9.17) is 4.74 Å². The van der Waals surface area contributed by atoms with Crippen molar-refractivity contribution in [3.8, 4) is 11.3 Å². The van der Waals surface area contributed by atoms with E-state index in [2.05, 4.69) is 25.7 Å². The highest BCUT2D eigenvalue weighted by Gasteiger charge is 2.48. The second-order valence-electron chi connectivity index (χ2n) is 8.36. The summed E-state index contributed by atoms with van der Waals surface area (Å²) in [6.07, 6.45) is 4.75. The Morgan fingerprint density at radius 3 is 2.56 bits per heavy atom. The Morgan fingerprint density at radius 2 is 1.88 bits per heavy atom. The molecule has 1 saturated heterocycles. The summed E-state index contributed by atoms with van der Waals surface area (Å²) < 4.78 is 19.2. The molecule has 2 aromatic heterocycles. The third-order valence-corrected chi connectivity index (χ3v) is 6.18. The lowest BCUT2D eigenvalue weighted by Gasteiger charge is -2.35. The van der Waals surface area contributed by atoms with Gasteiger partial charge in [-0.3, -0.25) is 4.90 Å². The van der Waals surface area contributed by atoms with Crippen LogP contribution in [-0.4, -0.2) is 45.2 Å². The molecule has 5 rings (SSSR count). The average molecular weight is 507 g/mol. The zero-order valence-electron chi connectivity index (χ0n) is 18.3. The molecule has 8 nitrogen and oxygen atoms in total. The number of aromatic nitrogens is 4. The molecule has 34 heavy (non-hydrogen) atoms. The van der Waals surface area contributed by atoms with E-state index < -0.39 is 5.60 Å². The highest BCUT2D eigenvalue weighted by Crippen LogP contribution is 2.40. The number of hydrogen-bond acceptors (Lipinski definition) is 7. The van der Waals surface area contributed by atoms with E-state index in [-0.39, 0.29) is 36.7 Å². The van der Waals surface area contributed by atoms with Gasteiger partial charge in [0, 0.05) is 18.3 Å². The van der Waals surface area contributed by atoms with Crippen molar-refractivity contribution in [3.63, 3.8) is 0 Å². The molecule has 2 fully saturated rings. The van der Waals surface area contributed by atoms with Gasteiger partial charge in [-0.25, -0.2) is 9.18 Å². The van der Waals surface area contributed by atoms with Crippen molar-refractivity contribution in [2.24, 2.45) is 5.92 Å². The number of carbonyl (C=O) groups is 1. The summed E-state index contributed by atoms with van der Waals surface area (Å²) >= 11 is 0. The lowest BCUT2D eigenvalue weighted by atomic mass is 9.78. The summed E-state index contributed by atoms with van der Waals surface area (Å²) in [6.45, 7) is 1.28. The monoisotopic (exact) mass is 506 g/mol. The Bertz CT molecular complexity index is 1100. The molecule has 1 saturated carbocycles. The summed E-state index contributed by atoms with van der Waals surface area (Å²) in [7, 11) is 0. The van der Waals surface area contributed by atoms with Gasteiger partial charge in [0.25, 0.3) is 0 Å². The van der Waals surface area contributed by atoms with Gasteiger partial charge in [-0.15, -0.1) is 40.1 Å². The normalized spacial score (nSPS) is 21.4. The fourth-order valence-corrected chi connectivity index (χ4v) is 4.38. The van der Waals surface area contributed by atoms with Gasteiger partial charge in [0.15, 0.2) is 5.82 Å². The molecule has 180 valence electrons. The van der Waals surface area contributed by atoms with E-state index in [1.54, 1.807) is 35.4 Å². The van der Waals surface area contributed by atoms with Crippen molar-refractivity contribution in [1.82, 2.24) is 20.4 Å². The smallest absolute Gasteiger partial charge is 0.416 e. The van der Waals surface area contributed by atoms with Crippen molar-refractivity contribution in [2.45, 2.75) is 31.3 Å². The van der Waals surface area contributed by atoms with Crippen LogP contribution in [0.15, 0.2) is 54.7 Å². The number of carbonyl (C=O) groups excluding carboxylic acids is 1. The van der Waals surface area contributed by atoms with E-state index in [1.165, 1.54) is 12.1 Å². The first kappa shape index (κ1) is 25.6. The van der Waals surface area contributed by atoms with Gasteiger partial charge in [-0.1, -0.05) is 12.1 Å². The Labute approximate surface area is 209 Å². The van der Waals surface area contributed by atoms with Gasteiger partial charge in [0.05, 0.1) is 12.2 Å². The maximum Gasteiger partial charge on any atom is 0.416 e. The maximum absolute atomic E-state index is 13.4. The number of nitrogens with zero attached hydrogens (tertiary/aromatic N) is 5. The highest BCUT2D eigenvalue weighted by molar-refractivity contribution is 5.89. The average Bonchev–Trinajstić information content (AvgIpc) is 3.15. The molecule has 0 unspecified atom stereocenters. The molecule has 11 heteroatoms. The SMILES string of the molecule is Cl.Cl.O=C1OC2(CCC(CNc3ccc(-c4cccc(F)c4)nn3)CC2)CN1c1cccnn1. The Balaban J connectivity index is 0.00000162. The number of rotatable bonds is 5. The van der Waals surface area contributed by atoms with Crippen molar-refractivity contribution in [2.75, 3.05) is 23.3 Å². The number of nitrogens with one attached hydrogen (secondary N) is 1. The van der Waals surface area contributed by atoms with Crippen LogP contribution < -0.4 is 10.2 Å². The van der Waals surface area contributed by atoms with Crippen molar-refractivity contribution < 1.29 is 13.9 Å².